The van der Waals surface area contributed by atoms with E-state index in [9.17, 15) is 0 Å². The lowest BCUT2D eigenvalue weighted by Crippen LogP contribution is -1.95. The molecule has 0 spiro atoms. The quantitative estimate of drug-likeness (QED) is 0.605. The van der Waals surface area contributed by atoms with Crippen molar-refractivity contribution in [1.82, 2.24) is 4.98 Å². The van der Waals surface area contributed by atoms with Crippen LogP contribution >= 0.6 is 11.6 Å². The molecule has 0 unspecified atom stereocenters. The molecular formula is C18H16ClNO. The van der Waals surface area contributed by atoms with Gasteiger partial charge < -0.3 is 4.74 Å². The highest BCUT2D eigenvalue weighted by atomic mass is 35.5. The molecule has 0 amide bonds. The molecule has 0 saturated heterocycles. The summed E-state index contributed by atoms with van der Waals surface area (Å²) < 4.78 is 6.05. The molecule has 3 heteroatoms. The molecule has 0 fully saturated rings. The molecule has 3 aromatic rings. The Bertz CT molecular complexity index is 798. The van der Waals surface area contributed by atoms with Crippen molar-refractivity contribution in [2.75, 3.05) is 0 Å². The molecule has 3 rings (SSSR count). The van der Waals surface area contributed by atoms with Crippen LogP contribution in [0.15, 0.2) is 48.5 Å². The minimum Gasteiger partial charge on any atom is -0.438 e. The van der Waals surface area contributed by atoms with Crippen molar-refractivity contribution in [3.63, 3.8) is 0 Å². The summed E-state index contributed by atoms with van der Waals surface area (Å²) in [6.45, 7) is 4.11. The predicted molar refractivity (Wildman–Crippen MR) is 87.3 cm³/mol. The predicted octanol–water partition coefficient (Wildman–Crippen LogP) is 5.38. The Balaban J connectivity index is 2.10. The average Bonchev–Trinajstić information content (AvgIpc) is 2.49. The zero-order valence-corrected chi connectivity index (χ0v) is 12.8. The number of hydrogen-bond acceptors (Lipinski definition) is 2. The van der Waals surface area contributed by atoms with Crippen LogP contribution < -0.4 is 4.74 Å². The summed E-state index contributed by atoms with van der Waals surface area (Å²) in [7, 11) is 0. The lowest BCUT2D eigenvalue weighted by molar-refractivity contribution is 0.464. The minimum absolute atomic E-state index is 0.369. The Morgan fingerprint density at radius 2 is 1.86 bits per heavy atom. The summed E-state index contributed by atoms with van der Waals surface area (Å²) in [6.07, 6.45) is 0. The summed E-state index contributed by atoms with van der Waals surface area (Å²) in [6, 6.07) is 16.2. The number of nitrogens with zero attached hydrogens (tertiary/aromatic N) is 1. The van der Waals surface area contributed by atoms with Gasteiger partial charge in [-0.2, -0.15) is 0 Å². The first-order valence-corrected chi connectivity index (χ1v) is 7.40. The van der Waals surface area contributed by atoms with E-state index < -0.39 is 0 Å². The van der Waals surface area contributed by atoms with Crippen LogP contribution in [-0.2, 0) is 5.88 Å². The number of ether oxygens (including phenoxy) is 1. The van der Waals surface area contributed by atoms with E-state index in [-0.39, 0.29) is 0 Å². The van der Waals surface area contributed by atoms with Gasteiger partial charge in [-0.1, -0.05) is 35.9 Å². The molecule has 21 heavy (non-hydrogen) atoms. The second-order valence-corrected chi connectivity index (χ2v) is 5.41. The lowest BCUT2D eigenvalue weighted by atomic mass is 10.1. The highest BCUT2D eigenvalue weighted by molar-refractivity contribution is 6.17. The van der Waals surface area contributed by atoms with E-state index in [1.807, 2.05) is 49.4 Å². The number of hydrogen-bond donors (Lipinski definition) is 0. The number of aromatic nitrogens is 1. The number of fused-ring (bicyclic) bond motifs is 1. The average molecular weight is 298 g/mol. The van der Waals surface area contributed by atoms with Gasteiger partial charge in [-0.15, -0.1) is 11.6 Å². The van der Waals surface area contributed by atoms with Crippen LogP contribution in [0.5, 0.6) is 11.6 Å². The third-order valence-electron chi connectivity index (χ3n) is 3.43. The molecule has 0 atom stereocenters. The SMILES string of the molecule is Cc1ccc(Oc2nc(CCl)cc3ccccc23)c(C)c1. The molecule has 0 N–H and O–H groups in total. The molecule has 0 bridgehead atoms. The van der Waals surface area contributed by atoms with Crippen LogP contribution in [0, 0.1) is 13.8 Å². The molecule has 0 aliphatic heterocycles. The maximum absolute atomic E-state index is 6.05. The highest BCUT2D eigenvalue weighted by Gasteiger charge is 2.09. The van der Waals surface area contributed by atoms with E-state index in [2.05, 4.69) is 18.0 Å². The van der Waals surface area contributed by atoms with Gasteiger partial charge in [0, 0.05) is 5.39 Å². The first-order chi connectivity index (χ1) is 10.2. The number of benzene rings is 2. The Labute approximate surface area is 129 Å². The molecule has 106 valence electrons. The fraction of sp³-hybridized carbons (Fsp3) is 0.167. The monoisotopic (exact) mass is 297 g/mol. The summed E-state index contributed by atoms with van der Waals surface area (Å²) >= 11 is 5.94. The number of alkyl halides is 1. The second kappa shape index (κ2) is 5.74. The van der Waals surface area contributed by atoms with Gasteiger partial charge in [0.05, 0.1) is 11.6 Å². The molecular weight excluding hydrogens is 282 g/mol. The zero-order valence-electron chi connectivity index (χ0n) is 12.1. The van der Waals surface area contributed by atoms with Crippen molar-refractivity contribution in [2.45, 2.75) is 19.7 Å². The standard InChI is InChI=1S/C18H16ClNO/c1-12-7-8-17(13(2)9-12)21-18-16-6-4-3-5-14(16)10-15(11-19)20-18/h3-10H,11H2,1-2H3. The van der Waals surface area contributed by atoms with E-state index >= 15 is 0 Å². The number of halogens is 1. The van der Waals surface area contributed by atoms with Crippen molar-refractivity contribution in [3.05, 3.63) is 65.4 Å². The van der Waals surface area contributed by atoms with Gasteiger partial charge in [-0.25, -0.2) is 4.98 Å². The summed E-state index contributed by atoms with van der Waals surface area (Å²) in [5.74, 6) is 1.80. The van der Waals surface area contributed by atoms with E-state index in [4.69, 9.17) is 16.3 Å². The van der Waals surface area contributed by atoms with Crippen molar-refractivity contribution in [1.29, 1.82) is 0 Å². The Hall–Kier alpha value is -2.06. The van der Waals surface area contributed by atoms with Crippen LogP contribution in [0.1, 0.15) is 16.8 Å². The fourth-order valence-electron chi connectivity index (χ4n) is 2.38. The van der Waals surface area contributed by atoms with Gasteiger partial charge in [-0.05, 0) is 43.0 Å². The third kappa shape index (κ3) is 2.86. The van der Waals surface area contributed by atoms with Crippen LogP contribution in [0.2, 0.25) is 0 Å². The normalized spacial score (nSPS) is 10.8. The number of rotatable bonds is 3. The molecule has 1 heterocycles. The third-order valence-corrected chi connectivity index (χ3v) is 3.71. The summed E-state index contributed by atoms with van der Waals surface area (Å²) in [5.41, 5.74) is 3.12. The smallest absolute Gasteiger partial charge is 0.227 e. The van der Waals surface area contributed by atoms with Gasteiger partial charge in [0.15, 0.2) is 0 Å². The topological polar surface area (TPSA) is 22.1 Å². The van der Waals surface area contributed by atoms with Crippen molar-refractivity contribution in [3.8, 4) is 11.6 Å². The minimum atomic E-state index is 0.369. The van der Waals surface area contributed by atoms with E-state index in [1.165, 1.54) is 5.56 Å². The van der Waals surface area contributed by atoms with E-state index in [0.717, 1.165) is 27.8 Å². The summed E-state index contributed by atoms with van der Waals surface area (Å²) in [4.78, 5) is 4.52. The zero-order chi connectivity index (χ0) is 14.8. The summed E-state index contributed by atoms with van der Waals surface area (Å²) in [5, 5.41) is 2.08. The van der Waals surface area contributed by atoms with Crippen LogP contribution in [0.4, 0.5) is 0 Å². The van der Waals surface area contributed by atoms with E-state index in [1.54, 1.807) is 0 Å². The largest absolute Gasteiger partial charge is 0.438 e. The Morgan fingerprint density at radius 3 is 2.62 bits per heavy atom. The van der Waals surface area contributed by atoms with Gasteiger partial charge in [0.25, 0.3) is 0 Å². The molecule has 2 aromatic carbocycles. The lowest BCUT2D eigenvalue weighted by Gasteiger charge is -2.12. The van der Waals surface area contributed by atoms with Crippen molar-refractivity contribution in [2.24, 2.45) is 0 Å². The van der Waals surface area contributed by atoms with Gasteiger partial charge >= 0.3 is 0 Å². The van der Waals surface area contributed by atoms with Crippen LogP contribution in [0.25, 0.3) is 10.8 Å². The molecule has 1 aromatic heterocycles. The molecule has 2 nitrogen and oxygen atoms in total. The van der Waals surface area contributed by atoms with Gasteiger partial charge in [0.1, 0.15) is 5.75 Å². The molecule has 0 radical (unpaired) electrons. The van der Waals surface area contributed by atoms with Gasteiger partial charge in [-0.3, -0.25) is 0 Å². The first-order valence-electron chi connectivity index (χ1n) is 6.87. The molecule has 0 aliphatic rings. The van der Waals surface area contributed by atoms with Crippen LogP contribution in [-0.4, -0.2) is 4.98 Å². The van der Waals surface area contributed by atoms with Gasteiger partial charge in [0.2, 0.25) is 5.88 Å². The van der Waals surface area contributed by atoms with Crippen molar-refractivity contribution < 1.29 is 4.74 Å². The number of aryl methyl sites for hydroxylation is 2. The second-order valence-electron chi connectivity index (χ2n) is 5.14. The highest BCUT2D eigenvalue weighted by Crippen LogP contribution is 2.31. The maximum atomic E-state index is 6.05. The fourth-order valence-corrected chi connectivity index (χ4v) is 2.52. The van der Waals surface area contributed by atoms with Crippen molar-refractivity contribution >= 4 is 22.4 Å². The maximum Gasteiger partial charge on any atom is 0.227 e. The first kappa shape index (κ1) is 13.9. The van der Waals surface area contributed by atoms with E-state index in [0.29, 0.717) is 11.8 Å². The molecule has 0 saturated carbocycles. The Kier molecular flexibility index (Phi) is 3.80. The van der Waals surface area contributed by atoms with Crippen LogP contribution in [0.3, 0.4) is 0 Å². The Morgan fingerprint density at radius 1 is 1.05 bits per heavy atom. The molecule has 0 aliphatic carbocycles. The number of pyridine rings is 1.